The third kappa shape index (κ3) is 1.92. The highest BCUT2D eigenvalue weighted by Crippen LogP contribution is 2.44. The lowest BCUT2D eigenvalue weighted by Gasteiger charge is -2.26. The molecular formula is C10H14F3N3O. The number of nitrogens with one attached hydrogen (secondary N) is 1. The summed E-state index contributed by atoms with van der Waals surface area (Å²) in [6, 6.07) is 0. The molecule has 2 rings (SSSR count). The Hall–Kier alpha value is -1.11. The van der Waals surface area contributed by atoms with E-state index in [1.54, 1.807) is 0 Å². The number of nitrogens with zero attached hydrogens (tertiary/aromatic N) is 2. The summed E-state index contributed by atoms with van der Waals surface area (Å²) in [4.78, 5) is 3.89. The molecule has 1 fully saturated rings. The summed E-state index contributed by atoms with van der Waals surface area (Å²) in [5.41, 5.74) is -2.02. The first kappa shape index (κ1) is 12.3. The van der Waals surface area contributed by atoms with E-state index in [-0.39, 0.29) is 24.8 Å². The van der Waals surface area contributed by atoms with Gasteiger partial charge in [-0.05, 0) is 13.0 Å². The van der Waals surface area contributed by atoms with Crippen LogP contribution >= 0.6 is 0 Å². The highest BCUT2D eigenvalue weighted by molar-refractivity contribution is 5.15. The quantitative estimate of drug-likeness (QED) is 0.870. The van der Waals surface area contributed by atoms with Crippen molar-refractivity contribution in [1.82, 2.24) is 15.5 Å². The van der Waals surface area contributed by atoms with Crippen LogP contribution in [0.2, 0.25) is 0 Å². The van der Waals surface area contributed by atoms with Gasteiger partial charge in [-0.2, -0.15) is 18.2 Å². The molecule has 96 valence electrons. The molecular weight excluding hydrogens is 235 g/mol. The number of hydrogen-bond acceptors (Lipinski definition) is 4. The third-order valence-corrected chi connectivity index (χ3v) is 3.07. The van der Waals surface area contributed by atoms with Crippen molar-refractivity contribution in [2.45, 2.75) is 37.8 Å². The Kier molecular flexibility index (Phi) is 2.89. The van der Waals surface area contributed by atoms with Gasteiger partial charge in [0.25, 0.3) is 0 Å². The summed E-state index contributed by atoms with van der Waals surface area (Å²) in [5, 5.41) is 6.31. The molecule has 1 aromatic rings. The Balaban J connectivity index is 2.39. The van der Waals surface area contributed by atoms with Gasteiger partial charge in [-0.25, -0.2) is 0 Å². The summed E-state index contributed by atoms with van der Waals surface area (Å²) >= 11 is 0. The fraction of sp³-hybridized carbons (Fsp3) is 0.800. The number of aromatic nitrogens is 2. The molecule has 0 aliphatic carbocycles. The van der Waals surface area contributed by atoms with E-state index in [0.717, 1.165) is 0 Å². The maximum absolute atomic E-state index is 13.1. The van der Waals surface area contributed by atoms with Crippen LogP contribution in [0.25, 0.3) is 0 Å². The molecule has 7 heteroatoms. The minimum Gasteiger partial charge on any atom is -0.338 e. The van der Waals surface area contributed by atoms with Crippen LogP contribution in [0, 0.1) is 0 Å². The molecule has 1 N–H and O–H groups in total. The first-order chi connectivity index (χ1) is 7.87. The molecule has 0 amide bonds. The fourth-order valence-electron chi connectivity index (χ4n) is 1.90. The van der Waals surface area contributed by atoms with Gasteiger partial charge < -0.3 is 9.84 Å². The highest BCUT2D eigenvalue weighted by Gasteiger charge is 2.61. The monoisotopic (exact) mass is 249 g/mol. The van der Waals surface area contributed by atoms with E-state index in [4.69, 9.17) is 4.52 Å². The molecule has 17 heavy (non-hydrogen) atoms. The Morgan fingerprint density at radius 1 is 1.41 bits per heavy atom. The predicted octanol–water partition coefficient (Wildman–Crippen LogP) is 1.99. The fourth-order valence-corrected chi connectivity index (χ4v) is 1.90. The topological polar surface area (TPSA) is 51.0 Å². The zero-order valence-electron chi connectivity index (χ0n) is 9.64. The first-order valence-electron chi connectivity index (χ1n) is 5.48. The van der Waals surface area contributed by atoms with Gasteiger partial charge in [0.15, 0.2) is 11.2 Å². The van der Waals surface area contributed by atoms with Crippen LogP contribution in [0.5, 0.6) is 0 Å². The van der Waals surface area contributed by atoms with E-state index >= 15 is 0 Å². The molecule has 0 radical (unpaired) electrons. The van der Waals surface area contributed by atoms with Crippen LogP contribution in [0.3, 0.4) is 0 Å². The van der Waals surface area contributed by atoms with E-state index < -0.39 is 11.6 Å². The van der Waals surface area contributed by atoms with E-state index in [9.17, 15) is 13.2 Å². The molecule has 2 heterocycles. The van der Waals surface area contributed by atoms with Gasteiger partial charge in [0.1, 0.15) is 0 Å². The lowest BCUT2D eigenvalue weighted by molar-refractivity contribution is -0.191. The first-order valence-corrected chi connectivity index (χ1v) is 5.48. The van der Waals surface area contributed by atoms with Crippen LogP contribution in [-0.4, -0.2) is 29.4 Å². The van der Waals surface area contributed by atoms with Gasteiger partial charge in [0, 0.05) is 12.5 Å². The average Bonchev–Trinajstić information content (AvgIpc) is 2.86. The van der Waals surface area contributed by atoms with Crippen molar-refractivity contribution in [3.63, 3.8) is 0 Å². The van der Waals surface area contributed by atoms with Gasteiger partial charge in [-0.1, -0.05) is 19.0 Å². The highest BCUT2D eigenvalue weighted by atomic mass is 19.4. The lowest BCUT2D eigenvalue weighted by atomic mass is 9.86. The van der Waals surface area contributed by atoms with Crippen molar-refractivity contribution in [3.8, 4) is 0 Å². The summed E-state index contributed by atoms with van der Waals surface area (Å²) < 4.78 is 44.3. The predicted molar refractivity (Wildman–Crippen MR) is 53.6 cm³/mol. The number of alkyl halides is 3. The number of rotatable bonds is 2. The Labute approximate surface area is 96.6 Å². The molecule has 1 aliphatic rings. The van der Waals surface area contributed by atoms with Gasteiger partial charge in [0.05, 0.1) is 0 Å². The lowest BCUT2D eigenvalue weighted by Crippen LogP contribution is -2.44. The van der Waals surface area contributed by atoms with Gasteiger partial charge >= 0.3 is 6.18 Å². The Bertz CT molecular complexity index is 394. The van der Waals surface area contributed by atoms with Crippen LogP contribution in [0.1, 0.15) is 37.9 Å². The van der Waals surface area contributed by atoms with E-state index in [2.05, 4.69) is 15.5 Å². The summed E-state index contributed by atoms with van der Waals surface area (Å²) in [7, 11) is 0. The van der Waals surface area contributed by atoms with E-state index in [1.807, 2.05) is 13.8 Å². The summed E-state index contributed by atoms with van der Waals surface area (Å²) in [5.74, 6) is -0.0543. The van der Waals surface area contributed by atoms with Crippen LogP contribution in [0.4, 0.5) is 13.2 Å². The van der Waals surface area contributed by atoms with Crippen LogP contribution in [-0.2, 0) is 5.41 Å². The SMILES string of the molecule is CC(C)c1noc(C2(C(F)(F)F)CCNC2)n1. The minimum atomic E-state index is -4.38. The normalized spacial score (nSPS) is 25.8. The Morgan fingerprint density at radius 3 is 2.53 bits per heavy atom. The number of hydrogen-bond donors (Lipinski definition) is 1. The molecule has 0 saturated carbocycles. The van der Waals surface area contributed by atoms with Crippen molar-refractivity contribution in [2.24, 2.45) is 0 Å². The molecule has 0 aromatic carbocycles. The van der Waals surface area contributed by atoms with Gasteiger partial charge in [-0.3, -0.25) is 0 Å². The van der Waals surface area contributed by atoms with E-state index in [0.29, 0.717) is 12.4 Å². The molecule has 0 spiro atoms. The molecule has 1 atom stereocenters. The van der Waals surface area contributed by atoms with Crippen molar-refractivity contribution in [2.75, 3.05) is 13.1 Å². The second kappa shape index (κ2) is 3.97. The van der Waals surface area contributed by atoms with Crippen molar-refractivity contribution in [1.29, 1.82) is 0 Å². The summed E-state index contributed by atoms with van der Waals surface area (Å²) in [6.07, 6.45) is -4.44. The molecule has 1 unspecified atom stereocenters. The zero-order valence-corrected chi connectivity index (χ0v) is 9.64. The molecule has 0 bridgehead atoms. The molecule has 1 aliphatic heterocycles. The maximum atomic E-state index is 13.1. The summed E-state index contributed by atoms with van der Waals surface area (Å²) in [6.45, 7) is 3.72. The van der Waals surface area contributed by atoms with Crippen LogP contribution < -0.4 is 5.32 Å². The standard InChI is InChI=1S/C10H14F3N3O/c1-6(2)7-15-8(17-16-7)9(10(11,12)13)3-4-14-5-9/h6,14H,3-5H2,1-2H3. The van der Waals surface area contributed by atoms with Crippen molar-refractivity contribution in [3.05, 3.63) is 11.7 Å². The third-order valence-electron chi connectivity index (χ3n) is 3.07. The number of halogens is 3. The second-order valence-electron chi connectivity index (χ2n) is 4.62. The minimum absolute atomic E-state index is 0.0489. The van der Waals surface area contributed by atoms with Gasteiger partial charge in [-0.15, -0.1) is 0 Å². The van der Waals surface area contributed by atoms with Gasteiger partial charge in [0.2, 0.25) is 5.89 Å². The second-order valence-corrected chi connectivity index (χ2v) is 4.62. The van der Waals surface area contributed by atoms with E-state index in [1.165, 1.54) is 0 Å². The average molecular weight is 249 g/mol. The Morgan fingerprint density at radius 2 is 2.12 bits per heavy atom. The zero-order chi connectivity index (χ0) is 12.7. The smallest absolute Gasteiger partial charge is 0.338 e. The van der Waals surface area contributed by atoms with Crippen LogP contribution in [0.15, 0.2) is 4.52 Å². The maximum Gasteiger partial charge on any atom is 0.404 e. The molecule has 4 nitrogen and oxygen atoms in total. The van der Waals surface area contributed by atoms with Crippen molar-refractivity contribution < 1.29 is 17.7 Å². The molecule has 1 aromatic heterocycles. The molecule has 1 saturated heterocycles. The largest absolute Gasteiger partial charge is 0.404 e. The van der Waals surface area contributed by atoms with Crippen molar-refractivity contribution >= 4 is 0 Å².